The average Bonchev–Trinajstić information content (AvgIpc) is 2.42. The first-order chi connectivity index (χ1) is 9.01. The van der Waals surface area contributed by atoms with E-state index < -0.39 is 5.54 Å². The van der Waals surface area contributed by atoms with Crippen molar-refractivity contribution in [2.75, 3.05) is 5.32 Å². The Morgan fingerprint density at radius 2 is 2.00 bits per heavy atom. The molecule has 1 aromatic carbocycles. The van der Waals surface area contributed by atoms with Gasteiger partial charge in [0.2, 0.25) is 5.91 Å². The van der Waals surface area contributed by atoms with Crippen molar-refractivity contribution in [2.24, 2.45) is 5.73 Å². The van der Waals surface area contributed by atoms with Crippen LogP contribution < -0.4 is 11.1 Å². The van der Waals surface area contributed by atoms with Gasteiger partial charge in [-0.2, -0.15) is 0 Å². The second kappa shape index (κ2) is 5.38. The highest BCUT2D eigenvalue weighted by molar-refractivity contribution is 6.33. The zero-order valence-corrected chi connectivity index (χ0v) is 11.2. The zero-order chi connectivity index (χ0) is 13.9. The van der Waals surface area contributed by atoms with E-state index in [1.165, 1.54) is 6.20 Å². The van der Waals surface area contributed by atoms with Crippen LogP contribution in [-0.4, -0.2) is 10.9 Å². The van der Waals surface area contributed by atoms with Gasteiger partial charge in [0, 0.05) is 6.20 Å². The van der Waals surface area contributed by atoms with Crippen molar-refractivity contribution in [3.8, 4) is 0 Å². The van der Waals surface area contributed by atoms with Gasteiger partial charge in [0.05, 0.1) is 16.9 Å². The van der Waals surface area contributed by atoms with Crippen LogP contribution in [0.25, 0.3) is 0 Å². The summed E-state index contributed by atoms with van der Waals surface area (Å²) in [5, 5.41) is 3.11. The van der Waals surface area contributed by atoms with Crippen molar-refractivity contribution in [1.29, 1.82) is 0 Å². The second-order valence-corrected chi connectivity index (χ2v) is 4.79. The Balaban J connectivity index is 2.23. The Kier molecular flexibility index (Phi) is 3.83. The van der Waals surface area contributed by atoms with Crippen LogP contribution in [0.15, 0.2) is 48.8 Å². The maximum Gasteiger partial charge on any atom is 0.248 e. The van der Waals surface area contributed by atoms with E-state index >= 15 is 0 Å². The molecule has 0 aliphatic rings. The van der Waals surface area contributed by atoms with Crippen LogP contribution in [0.2, 0.25) is 5.02 Å². The third-order valence-electron chi connectivity index (χ3n) is 2.86. The molecule has 1 amide bonds. The van der Waals surface area contributed by atoms with Crippen LogP contribution in [0.1, 0.15) is 12.5 Å². The van der Waals surface area contributed by atoms with E-state index in [0.29, 0.717) is 10.7 Å². The van der Waals surface area contributed by atoms with Gasteiger partial charge in [-0.05, 0) is 18.6 Å². The smallest absolute Gasteiger partial charge is 0.248 e. The first-order valence-electron chi connectivity index (χ1n) is 5.77. The third-order valence-corrected chi connectivity index (χ3v) is 3.19. The number of hydrogen-bond acceptors (Lipinski definition) is 3. The molecule has 4 nitrogen and oxygen atoms in total. The first-order valence-corrected chi connectivity index (χ1v) is 6.15. The molecule has 0 bridgehead atoms. The molecule has 1 atom stereocenters. The number of rotatable bonds is 3. The fraction of sp³-hybridized carbons (Fsp3) is 0.143. The predicted molar refractivity (Wildman–Crippen MR) is 75.9 cm³/mol. The lowest BCUT2D eigenvalue weighted by molar-refractivity contribution is -0.120. The molecule has 98 valence electrons. The molecule has 19 heavy (non-hydrogen) atoms. The van der Waals surface area contributed by atoms with Crippen molar-refractivity contribution in [2.45, 2.75) is 12.5 Å². The summed E-state index contributed by atoms with van der Waals surface area (Å²) in [5.74, 6) is -0.339. The summed E-state index contributed by atoms with van der Waals surface area (Å²) in [4.78, 5) is 16.2. The van der Waals surface area contributed by atoms with E-state index in [2.05, 4.69) is 10.3 Å². The molecular formula is C14H14ClN3O. The number of carbonyl (C=O) groups is 1. The zero-order valence-electron chi connectivity index (χ0n) is 10.4. The molecule has 0 aliphatic heterocycles. The fourth-order valence-corrected chi connectivity index (χ4v) is 1.79. The quantitative estimate of drug-likeness (QED) is 0.904. The molecule has 0 saturated carbocycles. The van der Waals surface area contributed by atoms with Crippen molar-refractivity contribution in [3.63, 3.8) is 0 Å². The highest BCUT2D eigenvalue weighted by Crippen LogP contribution is 2.23. The Bertz CT molecular complexity index is 584. The number of carbonyl (C=O) groups excluding carboxylic acids is 1. The van der Waals surface area contributed by atoms with Crippen LogP contribution in [0.3, 0.4) is 0 Å². The lowest BCUT2D eigenvalue weighted by Gasteiger charge is -2.24. The minimum absolute atomic E-state index is 0.339. The minimum Gasteiger partial charge on any atom is -0.322 e. The Morgan fingerprint density at radius 3 is 2.63 bits per heavy atom. The summed E-state index contributed by atoms with van der Waals surface area (Å²) < 4.78 is 0. The van der Waals surface area contributed by atoms with E-state index in [-0.39, 0.29) is 5.91 Å². The number of aromatic nitrogens is 1. The number of amides is 1. The SMILES string of the molecule is CC(N)(C(=O)Nc1cnccc1Cl)c1ccccc1. The summed E-state index contributed by atoms with van der Waals surface area (Å²) >= 11 is 5.97. The maximum absolute atomic E-state index is 12.3. The van der Waals surface area contributed by atoms with E-state index in [1.807, 2.05) is 30.3 Å². The molecule has 2 rings (SSSR count). The molecule has 0 spiro atoms. The number of nitrogens with zero attached hydrogens (tertiary/aromatic N) is 1. The number of nitrogens with two attached hydrogens (primary N) is 1. The Labute approximate surface area is 116 Å². The van der Waals surface area contributed by atoms with Crippen LogP contribution in [0, 0.1) is 0 Å². The van der Waals surface area contributed by atoms with Crippen LogP contribution in [-0.2, 0) is 10.3 Å². The van der Waals surface area contributed by atoms with Gasteiger partial charge in [0.15, 0.2) is 0 Å². The molecule has 1 aromatic heterocycles. The topological polar surface area (TPSA) is 68.0 Å². The number of benzene rings is 1. The first kappa shape index (κ1) is 13.5. The molecule has 0 saturated heterocycles. The highest BCUT2D eigenvalue weighted by Gasteiger charge is 2.30. The third kappa shape index (κ3) is 2.92. The van der Waals surface area contributed by atoms with Gasteiger partial charge < -0.3 is 11.1 Å². The number of nitrogens with one attached hydrogen (secondary N) is 1. The molecule has 0 radical (unpaired) electrons. The summed E-state index contributed by atoms with van der Waals surface area (Å²) in [6.45, 7) is 1.65. The van der Waals surface area contributed by atoms with Gasteiger partial charge in [-0.25, -0.2) is 0 Å². The molecule has 1 heterocycles. The molecule has 0 aliphatic carbocycles. The molecule has 5 heteroatoms. The largest absolute Gasteiger partial charge is 0.322 e. The van der Waals surface area contributed by atoms with Crippen molar-refractivity contribution >= 4 is 23.2 Å². The minimum atomic E-state index is -1.14. The van der Waals surface area contributed by atoms with Gasteiger partial charge in [-0.1, -0.05) is 41.9 Å². The van der Waals surface area contributed by atoms with Crippen molar-refractivity contribution in [1.82, 2.24) is 4.98 Å². The lowest BCUT2D eigenvalue weighted by Crippen LogP contribution is -2.45. The number of pyridine rings is 1. The summed E-state index contributed by atoms with van der Waals surface area (Å²) in [5.41, 5.74) is 6.14. The summed E-state index contributed by atoms with van der Waals surface area (Å²) in [7, 11) is 0. The van der Waals surface area contributed by atoms with Gasteiger partial charge in [0.1, 0.15) is 5.54 Å². The van der Waals surface area contributed by atoms with Crippen LogP contribution in [0.4, 0.5) is 5.69 Å². The van der Waals surface area contributed by atoms with Crippen molar-refractivity contribution in [3.05, 3.63) is 59.4 Å². The van der Waals surface area contributed by atoms with E-state index in [1.54, 1.807) is 19.2 Å². The normalized spacial score (nSPS) is 13.6. The molecule has 2 aromatic rings. The molecule has 3 N–H and O–H groups in total. The Morgan fingerprint density at radius 1 is 1.32 bits per heavy atom. The van der Waals surface area contributed by atoms with Crippen LogP contribution in [0.5, 0.6) is 0 Å². The second-order valence-electron chi connectivity index (χ2n) is 4.38. The van der Waals surface area contributed by atoms with Gasteiger partial charge in [-0.15, -0.1) is 0 Å². The van der Waals surface area contributed by atoms with Gasteiger partial charge in [-0.3, -0.25) is 9.78 Å². The average molecular weight is 276 g/mol. The highest BCUT2D eigenvalue weighted by atomic mass is 35.5. The van der Waals surface area contributed by atoms with Crippen molar-refractivity contribution < 1.29 is 4.79 Å². The Hall–Kier alpha value is -1.91. The number of hydrogen-bond donors (Lipinski definition) is 2. The molecule has 0 fully saturated rings. The monoisotopic (exact) mass is 275 g/mol. The van der Waals surface area contributed by atoms with Gasteiger partial charge in [0.25, 0.3) is 0 Å². The fourth-order valence-electron chi connectivity index (χ4n) is 1.64. The van der Waals surface area contributed by atoms with E-state index in [0.717, 1.165) is 5.56 Å². The van der Waals surface area contributed by atoms with Gasteiger partial charge >= 0.3 is 0 Å². The maximum atomic E-state index is 12.3. The van der Waals surface area contributed by atoms with E-state index in [9.17, 15) is 4.79 Å². The summed E-state index contributed by atoms with van der Waals surface area (Å²) in [6.07, 6.45) is 3.04. The number of anilines is 1. The number of halogens is 1. The lowest BCUT2D eigenvalue weighted by atomic mass is 9.92. The van der Waals surface area contributed by atoms with Crippen LogP contribution >= 0.6 is 11.6 Å². The predicted octanol–water partition coefficient (Wildman–Crippen LogP) is 2.55. The van der Waals surface area contributed by atoms with E-state index in [4.69, 9.17) is 17.3 Å². The molecular weight excluding hydrogens is 262 g/mol. The summed E-state index contributed by atoms with van der Waals surface area (Å²) in [6, 6.07) is 10.8. The molecule has 1 unspecified atom stereocenters. The standard InChI is InChI=1S/C14H14ClN3O/c1-14(16,10-5-3-2-4-6-10)13(19)18-12-9-17-8-7-11(12)15/h2-9H,16H2,1H3,(H,18,19).